The maximum atomic E-state index is 6.08. The van der Waals surface area contributed by atoms with Crippen LogP contribution in [0.25, 0.3) is 0 Å². The van der Waals surface area contributed by atoms with Gasteiger partial charge in [-0.05, 0) is 24.6 Å². The number of hydrogen-bond donors (Lipinski definition) is 0. The Labute approximate surface area is 294 Å². The first-order valence-electron chi connectivity index (χ1n) is 18.3. The van der Waals surface area contributed by atoms with Crippen molar-refractivity contribution in [3.8, 4) is 0 Å². The molecule has 0 radical (unpaired) electrons. The van der Waals surface area contributed by atoms with Crippen LogP contribution >= 0.6 is 0 Å². The van der Waals surface area contributed by atoms with Crippen molar-refractivity contribution in [2.75, 3.05) is 152 Å². The topological polar surface area (TPSA) is 111 Å². The molecule has 0 rings (SSSR count). The van der Waals surface area contributed by atoms with Gasteiger partial charge in [0.2, 0.25) is 0 Å². The van der Waals surface area contributed by atoms with Crippen LogP contribution in [-0.2, 0) is 56.5 Å². The summed E-state index contributed by atoms with van der Waals surface area (Å²) in [6, 6.07) is 0. The SMILES string of the molecule is CCCCCCCOCCOCCOCCOCCOCCOCCOCCOCCOCCOCCOCCO[Si](C)(C)C(C)(C)C. The highest BCUT2D eigenvalue weighted by molar-refractivity contribution is 6.74. The van der Waals surface area contributed by atoms with Crippen molar-refractivity contribution < 1.29 is 56.5 Å². The van der Waals surface area contributed by atoms with Crippen LogP contribution in [0.5, 0.6) is 0 Å². The van der Waals surface area contributed by atoms with Crippen LogP contribution in [-0.4, -0.2) is 160 Å². The van der Waals surface area contributed by atoms with E-state index < -0.39 is 8.32 Å². The fourth-order valence-electron chi connectivity index (χ4n) is 3.68. The summed E-state index contributed by atoms with van der Waals surface area (Å²) in [5.41, 5.74) is 0. The van der Waals surface area contributed by atoms with Gasteiger partial charge in [-0.3, -0.25) is 0 Å². The van der Waals surface area contributed by atoms with Crippen molar-refractivity contribution >= 4 is 8.32 Å². The third-order valence-electron chi connectivity index (χ3n) is 7.61. The Bertz CT molecular complexity index is 625. The monoisotopic (exact) mass is 714 g/mol. The minimum Gasteiger partial charge on any atom is -0.414 e. The molecule has 12 nitrogen and oxygen atoms in total. The first-order valence-corrected chi connectivity index (χ1v) is 21.2. The molecule has 290 valence electrons. The maximum Gasteiger partial charge on any atom is 0.192 e. The molecule has 0 aliphatic rings. The molecule has 0 saturated heterocycles. The Balaban J connectivity index is 3.11. The van der Waals surface area contributed by atoms with E-state index in [9.17, 15) is 0 Å². The zero-order valence-corrected chi connectivity index (χ0v) is 32.7. The lowest BCUT2D eigenvalue weighted by molar-refractivity contribution is -0.0278. The molecule has 0 unspecified atom stereocenters. The molecule has 48 heavy (non-hydrogen) atoms. The van der Waals surface area contributed by atoms with Gasteiger partial charge in [0.1, 0.15) is 0 Å². The van der Waals surface area contributed by atoms with Crippen LogP contribution in [0.3, 0.4) is 0 Å². The zero-order chi connectivity index (χ0) is 35.3. The van der Waals surface area contributed by atoms with Crippen molar-refractivity contribution in [3.05, 3.63) is 0 Å². The summed E-state index contributed by atoms with van der Waals surface area (Å²) in [5.74, 6) is 0. The van der Waals surface area contributed by atoms with Crippen LogP contribution < -0.4 is 0 Å². The molecule has 0 N–H and O–H groups in total. The summed E-state index contributed by atoms with van der Waals surface area (Å²) in [6.07, 6.45) is 6.28. The van der Waals surface area contributed by atoms with Crippen LogP contribution in [0.4, 0.5) is 0 Å². The Morgan fingerprint density at radius 3 is 0.792 bits per heavy atom. The van der Waals surface area contributed by atoms with E-state index in [1.54, 1.807) is 0 Å². The third kappa shape index (κ3) is 35.6. The molecule has 0 spiro atoms. The molecule has 13 heteroatoms. The summed E-state index contributed by atoms with van der Waals surface area (Å²) < 4.78 is 66.8. The van der Waals surface area contributed by atoms with Crippen molar-refractivity contribution in [1.29, 1.82) is 0 Å². The molecular weight excluding hydrogens is 640 g/mol. The van der Waals surface area contributed by atoms with Crippen molar-refractivity contribution in [1.82, 2.24) is 0 Å². The van der Waals surface area contributed by atoms with Crippen LogP contribution in [0.1, 0.15) is 59.8 Å². The smallest absolute Gasteiger partial charge is 0.192 e. The number of ether oxygens (including phenoxy) is 11. The number of hydrogen-bond acceptors (Lipinski definition) is 12. The molecule has 0 bridgehead atoms. The molecule has 0 heterocycles. The van der Waals surface area contributed by atoms with E-state index in [-0.39, 0.29) is 5.04 Å². The second kappa shape index (κ2) is 36.5. The zero-order valence-electron chi connectivity index (χ0n) is 31.7. The molecule has 0 saturated carbocycles. The van der Waals surface area contributed by atoms with E-state index in [1.807, 2.05) is 0 Å². The predicted molar refractivity (Wildman–Crippen MR) is 191 cm³/mol. The van der Waals surface area contributed by atoms with Gasteiger partial charge in [0.05, 0.1) is 145 Å². The average Bonchev–Trinajstić information content (AvgIpc) is 3.05. The Morgan fingerprint density at radius 1 is 0.312 bits per heavy atom. The number of unbranched alkanes of at least 4 members (excludes halogenated alkanes) is 4. The van der Waals surface area contributed by atoms with Crippen LogP contribution in [0.15, 0.2) is 0 Å². The van der Waals surface area contributed by atoms with E-state index in [0.717, 1.165) is 13.0 Å². The average molecular weight is 715 g/mol. The third-order valence-corrected chi connectivity index (χ3v) is 12.1. The fraction of sp³-hybridized carbons (Fsp3) is 1.00. The van der Waals surface area contributed by atoms with Gasteiger partial charge in [-0.25, -0.2) is 0 Å². The van der Waals surface area contributed by atoms with Crippen LogP contribution in [0, 0.1) is 0 Å². The van der Waals surface area contributed by atoms with Crippen molar-refractivity contribution in [2.45, 2.75) is 77.9 Å². The molecule has 0 aromatic carbocycles. The maximum absolute atomic E-state index is 6.08. The van der Waals surface area contributed by atoms with Gasteiger partial charge in [-0.2, -0.15) is 0 Å². The van der Waals surface area contributed by atoms with E-state index >= 15 is 0 Å². The van der Waals surface area contributed by atoms with Gasteiger partial charge in [-0.15, -0.1) is 0 Å². The second-order valence-electron chi connectivity index (χ2n) is 12.8. The summed E-state index contributed by atoms with van der Waals surface area (Å²) >= 11 is 0. The second-order valence-corrected chi connectivity index (χ2v) is 17.6. The van der Waals surface area contributed by atoms with Crippen molar-refractivity contribution in [3.63, 3.8) is 0 Å². The predicted octanol–water partition coefficient (Wildman–Crippen LogP) is 5.16. The molecule has 0 aliphatic carbocycles. The van der Waals surface area contributed by atoms with E-state index in [4.69, 9.17) is 56.5 Å². The highest BCUT2D eigenvalue weighted by atomic mass is 28.4. The lowest BCUT2D eigenvalue weighted by atomic mass is 10.2. The van der Waals surface area contributed by atoms with E-state index in [2.05, 4.69) is 40.8 Å². The Hall–Kier alpha value is -0.263. The number of rotatable bonds is 40. The van der Waals surface area contributed by atoms with E-state index in [1.165, 1.54) is 25.7 Å². The lowest BCUT2D eigenvalue weighted by Gasteiger charge is -2.36. The van der Waals surface area contributed by atoms with Gasteiger partial charge in [0.15, 0.2) is 8.32 Å². The summed E-state index contributed by atoms with van der Waals surface area (Å²) in [6.45, 7) is 26.4. The molecule has 0 fully saturated rings. The normalized spacial score (nSPS) is 12.4. The molecule has 0 aromatic heterocycles. The minimum absolute atomic E-state index is 0.219. The fourth-order valence-corrected chi connectivity index (χ4v) is 4.71. The van der Waals surface area contributed by atoms with Crippen molar-refractivity contribution in [2.24, 2.45) is 0 Å². The molecule has 0 atom stereocenters. The Morgan fingerprint density at radius 2 is 0.542 bits per heavy atom. The summed E-state index contributed by atoms with van der Waals surface area (Å²) in [5, 5.41) is 0.219. The van der Waals surface area contributed by atoms with Gasteiger partial charge in [0, 0.05) is 6.61 Å². The highest BCUT2D eigenvalue weighted by Gasteiger charge is 2.36. The van der Waals surface area contributed by atoms with Crippen LogP contribution in [0.2, 0.25) is 18.1 Å². The molecular formula is C35H74O12Si. The Kier molecular flexibility index (Phi) is 36.3. The lowest BCUT2D eigenvalue weighted by Crippen LogP contribution is -2.41. The molecule has 0 aromatic rings. The summed E-state index contributed by atoms with van der Waals surface area (Å²) in [4.78, 5) is 0. The first kappa shape index (κ1) is 47.7. The summed E-state index contributed by atoms with van der Waals surface area (Å²) in [7, 11) is -1.70. The first-order chi connectivity index (χ1) is 23.3. The van der Waals surface area contributed by atoms with Gasteiger partial charge >= 0.3 is 0 Å². The standard InChI is InChI=1S/C35H74O12Si/c1-7-8-9-10-11-12-36-13-14-37-15-16-38-17-18-39-19-20-40-21-22-41-23-24-42-25-26-43-27-28-44-29-30-45-31-32-46-33-34-47-48(5,6)35(2,3)4/h7-34H2,1-6H3. The minimum atomic E-state index is -1.70. The quantitative estimate of drug-likeness (QED) is 0.0618. The van der Waals surface area contributed by atoms with Gasteiger partial charge in [0.25, 0.3) is 0 Å². The largest absolute Gasteiger partial charge is 0.414 e. The van der Waals surface area contributed by atoms with Gasteiger partial charge < -0.3 is 56.5 Å². The van der Waals surface area contributed by atoms with E-state index in [0.29, 0.717) is 145 Å². The van der Waals surface area contributed by atoms with Gasteiger partial charge in [-0.1, -0.05) is 53.4 Å². The molecule has 0 amide bonds. The molecule has 0 aliphatic heterocycles. The highest BCUT2D eigenvalue weighted by Crippen LogP contribution is 2.36.